The lowest BCUT2D eigenvalue weighted by Crippen LogP contribution is -2.50. The van der Waals surface area contributed by atoms with Crippen LogP contribution in [0.4, 0.5) is 0 Å². The Morgan fingerprint density at radius 2 is 2.39 bits per heavy atom. The second-order valence-electron chi connectivity index (χ2n) is 5.07. The van der Waals surface area contributed by atoms with Gasteiger partial charge in [0.25, 0.3) is 5.91 Å². The summed E-state index contributed by atoms with van der Waals surface area (Å²) in [6.45, 7) is 6.97. The standard InChI is InChI=1S/C13H22N4O/c1-4-15-11-5-6-17(8-10(11)2)13(18)12-7-14-9-16(12)3/h7,9-11,15H,4-6,8H2,1-3H3. The molecular weight excluding hydrogens is 228 g/mol. The molecule has 2 unspecified atom stereocenters. The summed E-state index contributed by atoms with van der Waals surface area (Å²) in [5, 5.41) is 3.48. The van der Waals surface area contributed by atoms with Gasteiger partial charge in [-0.3, -0.25) is 4.79 Å². The van der Waals surface area contributed by atoms with Gasteiger partial charge in [0.05, 0.1) is 12.5 Å². The number of nitrogens with zero attached hydrogens (tertiary/aromatic N) is 3. The number of hydrogen-bond acceptors (Lipinski definition) is 3. The molecule has 5 nitrogen and oxygen atoms in total. The summed E-state index contributed by atoms with van der Waals surface area (Å²) in [5.41, 5.74) is 0.670. The maximum absolute atomic E-state index is 12.3. The van der Waals surface area contributed by atoms with Crippen LogP contribution in [0.1, 0.15) is 30.8 Å². The van der Waals surface area contributed by atoms with Gasteiger partial charge in [0.2, 0.25) is 0 Å². The van der Waals surface area contributed by atoms with Gasteiger partial charge < -0.3 is 14.8 Å². The summed E-state index contributed by atoms with van der Waals surface area (Å²) in [6, 6.07) is 0.533. The van der Waals surface area contributed by atoms with E-state index in [1.54, 1.807) is 17.1 Å². The van der Waals surface area contributed by atoms with Crippen LogP contribution in [-0.4, -0.2) is 46.0 Å². The van der Waals surface area contributed by atoms with E-state index < -0.39 is 0 Å². The Morgan fingerprint density at radius 3 is 2.94 bits per heavy atom. The van der Waals surface area contributed by atoms with Gasteiger partial charge in [-0.1, -0.05) is 13.8 Å². The third-order valence-corrected chi connectivity index (χ3v) is 3.69. The highest BCUT2D eigenvalue weighted by atomic mass is 16.2. The molecule has 0 aromatic carbocycles. The van der Waals surface area contributed by atoms with Crippen LogP contribution in [0.5, 0.6) is 0 Å². The van der Waals surface area contributed by atoms with Crippen molar-refractivity contribution in [2.45, 2.75) is 26.3 Å². The van der Waals surface area contributed by atoms with E-state index in [-0.39, 0.29) is 5.91 Å². The van der Waals surface area contributed by atoms with Gasteiger partial charge in [-0.2, -0.15) is 0 Å². The lowest BCUT2D eigenvalue weighted by atomic mass is 9.93. The number of imidazole rings is 1. The molecule has 1 aliphatic heterocycles. The first-order valence-corrected chi connectivity index (χ1v) is 6.62. The number of likely N-dealkylation sites (tertiary alicyclic amines) is 1. The molecule has 1 aromatic rings. The van der Waals surface area contributed by atoms with Crippen molar-refractivity contribution in [3.8, 4) is 0 Å². The molecule has 1 amide bonds. The van der Waals surface area contributed by atoms with E-state index >= 15 is 0 Å². The van der Waals surface area contributed by atoms with Gasteiger partial charge in [0.1, 0.15) is 5.69 Å². The predicted molar refractivity (Wildman–Crippen MR) is 70.4 cm³/mol. The Labute approximate surface area is 108 Å². The van der Waals surface area contributed by atoms with Crippen molar-refractivity contribution < 1.29 is 4.79 Å². The summed E-state index contributed by atoms with van der Waals surface area (Å²) in [7, 11) is 1.86. The minimum Gasteiger partial charge on any atom is -0.337 e. The third-order valence-electron chi connectivity index (χ3n) is 3.69. The smallest absolute Gasteiger partial charge is 0.272 e. The molecule has 1 aliphatic rings. The first-order chi connectivity index (χ1) is 8.63. The van der Waals surface area contributed by atoms with Crippen molar-refractivity contribution in [3.63, 3.8) is 0 Å². The highest BCUT2D eigenvalue weighted by Gasteiger charge is 2.29. The van der Waals surface area contributed by atoms with E-state index in [0.29, 0.717) is 17.7 Å². The Balaban J connectivity index is 2.00. The van der Waals surface area contributed by atoms with Crippen LogP contribution >= 0.6 is 0 Å². The molecule has 1 saturated heterocycles. The number of rotatable bonds is 3. The Hall–Kier alpha value is -1.36. The average molecular weight is 250 g/mol. The lowest BCUT2D eigenvalue weighted by molar-refractivity contribution is 0.0636. The highest BCUT2D eigenvalue weighted by Crippen LogP contribution is 2.18. The fraction of sp³-hybridized carbons (Fsp3) is 0.692. The van der Waals surface area contributed by atoms with Crippen LogP contribution in [0.15, 0.2) is 12.5 Å². The monoisotopic (exact) mass is 250 g/mol. The number of hydrogen-bond donors (Lipinski definition) is 1. The molecule has 2 heterocycles. The quantitative estimate of drug-likeness (QED) is 0.866. The molecule has 18 heavy (non-hydrogen) atoms. The lowest BCUT2D eigenvalue weighted by Gasteiger charge is -2.37. The molecule has 2 rings (SSSR count). The average Bonchev–Trinajstić information content (AvgIpc) is 2.77. The molecule has 0 spiro atoms. The second-order valence-corrected chi connectivity index (χ2v) is 5.07. The number of carbonyl (C=O) groups is 1. The highest BCUT2D eigenvalue weighted by molar-refractivity contribution is 5.92. The normalized spacial score (nSPS) is 24.3. The molecule has 0 radical (unpaired) electrons. The van der Waals surface area contributed by atoms with Crippen molar-refractivity contribution >= 4 is 5.91 Å². The van der Waals surface area contributed by atoms with Gasteiger partial charge in [0, 0.05) is 26.2 Å². The summed E-state index contributed by atoms with van der Waals surface area (Å²) >= 11 is 0. The zero-order chi connectivity index (χ0) is 13.1. The van der Waals surface area contributed by atoms with Crippen molar-refractivity contribution in [1.82, 2.24) is 19.8 Å². The van der Waals surface area contributed by atoms with Gasteiger partial charge in [-0.05, 0) is 18.9 Å². The van der Waals surface area contributed by atoms with Gasteiger partial charge in [0.15, 0.2) is 0 Å². The summed E-state index contributed by atoms with van der Waals surface area (Å²) in [4.78, 5) is 18.3. The number of carbonyl (C=O) groups excluding carboxylic acids is 1. The topological polar surface area (TPSA) is 50.2 Å². The van der Waals surface area contributed by atoms with E-state index in [4.69, 9.17) is 0 Å². The molecule has 2 atom stereocenters. The van der Waals surface area contributed by atoms with Gasteiger partial charge in [-0.25, -0.2) is 4.98 Å². The van der Waals surface area contributed by atoms with Crippen molar-refractivity contribution in [2.75, 3.05) is 19.6 Å². The Kier molecular flexibility index (Phi) is 4.01. The first-order valence-electron chi connectivity index (χ1n) is 6.62. The van der Waals surface area contributed by atoms with E-state index in [9.17, 15) is 4.79 Å². The minimum atomic E-state index is 0.0943. The van der Waals surface area contributed by atoms with Gasteiger partial charge in [-0.15, -0.1) is 0 Å². The SMILES string of the molecule is CCNC1CCN(C(=O)c2cncn2C)CC1C. The summed E-state index contributed by atoms with van der Waals surface area (Å²) in [5.74, 6) is 0.590. The number of aromatic nitrogens is 2. The molecule has 1 aromatic heterocycles. The second kappa shape index (κ2) is 5.52. The van der Waals surface area contributed by atoms with E-state index in [1.807, 2.05) is 11.9 Å². The van der Waals surface area contributed by atoms with E-state index in [1.165, 1.54) is 0 Å². The van der Waals surface area contributed by atoms with E-state index in [0.717, 1.165) is 26.1 Å². The molecule has 1 fully saturated rings. The van der Waals surface area contributed by atoms with E-state index in [2.05, 4.69) is 24.1 Å². The molecule has 0 saturated carbocycles. The molecule has 0 aliphatic carbocycles. The van der Waals surface area contributed by atoms with Crippen LogP contribution in [-0.2, 0) is 7.05 Å². The zero-order valence-electron chi connectivity index (χ0n) is 11.4. The molecule has 1 N–H and O–H groups in total. The largest absolute Gasteiger partial charge is 0.337 e. The maximum atomic E-state index is 12.3. The number of nitrogens with one attached hydrogen (secondary N) is 1. The van der Waals surface area contributed by atoms with Crippen molar-refractivity contribution in [1.29, 1.82) is 0 Å². The van der Waals surface area contributed by atoms with Crippen LogP contribution in [0.25, 0.3) is 0 Å². The maximum Gasteiger partial charge on any atom is 0.272 e. The van der Waals surface area contributed by atoms with Crippen LogP contribution in [0.3, 0.4) is 0 Å². The molecule has 0 bridgehead atoms. The predicted octanol–water partition coefficient (Wildman–Crippen LogP) is 0.880. The third kappa shape index (κ3) is 2.56. The Bertz CT molecular complexity index is 415. The van der Waals surface area contributed by atoms with Crippen molar-refractivity contribution in [2.24, 2.45) is 13.0 Å². The van der Waals surface area contributed by atoms with Crippen LogP contribution < -0.4 is 5.32 Å². The first kappa shape index (κ1) is 13.1. The number of aryl methyl sites for hydroxylation is 1. The van der Waals surface area contributed by atoms with Crippen molar-refractivity contribution in [3.05, 3.63) is 18.2 Å². The fourth-order valence-electron chi connectivity index (χ4n) is 2.62. The molecular formula is C13H22N4O. The van der Waals surface area contributed by atoms with Gasteiger partial charge >= 0.3 is 0 Å². The summed E-state index contributed by atoms with van der Waals surface area (Å²) in [6.07, 6.45) is 4.34. The Morgan fingerprint density at radius 1 is 1.61 bits per heavy atom. The number of amides is 1. The van der Waals surface area contributed by atoms with Crippen LogP contribution in [0, 0.1) is 5.92 Å². The molecule has 5 heteroatoms. The number of piperidine rings is 1. The fourth-order valence-corrected chi connectivity index (χ4v) is 2.62. The zero-order valence-corrected chi connectivity index (χ0v) is 11.4. The van der Waals surface area contributed by atoms with Crippen LogP contribution in [0.2, 0.25) is 0 Å². The summed E-state index contributed by atoms with van der Waals surface area (Å²) < 4.78 is 1.78. The molecule has 100 valence electrons. The minimum absolute atomic E-state index is 0.0943.